The van der Waals surface area contributed by atoms with E-state index in [1.165, 1.54) is 0 Å². The van der Waals surface area contributed by atoms with Gasteiger partial charge >= 0.3 is 0 Å². The largest absolute Gasteiger partial charge is 0.294 e. The summed E-state index contributed by atoms with van der Waals surface area (Å²) in [6.45, 7) is 0. The van der Waals surface area contributed by atoms with E-state index < -0.39 is 0 Å². The zero-order valence-electron chi connectivity index (χ0n) is 8.54. The van der Waals surface area contributed by atoms with Gasteiger partial charge in [0.1, 0.15) is 0 Å². The Hall–Kier alpha value is 0.280. The smallest absolute Gasteiger partial charge is 0.169 e. The van der Waals surface area contributed by atoms with Crippen LogP contribution in [0.4, 0.5) is 0 Å². The van der Waals surface area contributed by atoms with Gasteiger partial charge < -0.3 is 0 Å². The molecule has 0 aliphatic rings. The highest BCUT2D eigenvalue weighted by molar-refractivity contribution is 14.1. The van der Waals surface area contributed by atoms with E-state index in [-0.39, 0.29) is 5.78 Å². The molecule has 17 heavy (non-hydrogen) atoms. The van der Waals surface area contributed by atoms with E-state index in [0.717, 1.165) is 22.3 Å². The van der Waals surface area contributed by atoms with E-state index in [4.69, 9.17) is 0 Å². The molecule has 0 bridgehead atoms. The third kappa shape index (κ3) is 3.62. The van der Waals surface area contributed by atoms with Gasteiger partial charge in [0.2, 0.25) is 0 Å². The van der Waals surface area contributed by atoms with Gasteiger partial charge in [-0.15, -0.1) is 11.3 Å². The number of carbonyl (C=O) groups is 1. The Bertz CT molecular complexity index is 565. The van der Waals surface area contributed by atoms with Crippen molar-refractivity contribution in [2.45, 2.75) is 6.42 Å². The molecule has 5 heteroatoms. The maximum Gasteiger partial charge on any atom is 0.169 e. The Morgan fingerprint density at radius 1 is 1.24 bits per heavy atom. The molecular formula is C12H7Br2IOS. The first-order valence-electron chi connectivity index (χ1n) is 4.79. The molecule has 0 atom stereocenters. The Kier molecular flexibility index (Phi) is 4.80. The third-order valence-corrected chi connectivity index (χ3v) is 5.25. The van der Waals surface area contributed by atoms with Crippen LogP contribution >= 0.6 is 65.8 Å². The summed E-state index contributed by atoms with van der Waals surface area (Å²) in [7, 11) is 0. The standard InChI is InChI=1S/C12H7Br2IOS/c13-7-1-3-10(15)9(5-7)11(16)6-8-2-4-12(14)17-8/h1-5H,6H2. The number of benzene rings is 1. The van der Waals surface area contributed by atoms with Crippen molar-refractivity contribution in [3.05, 3.63) is 52.6 Å². The second-order valence-electron chi connectivity index (χ2n) is 3.43. The quantitative estimate of drug-likeness (QED) is 0.426. The van der Waals surface area contributed by atoms with Crippen LogP contribution in [0.1, 0.15) is 15.2 Å². The first-order valence-corrected chi connectivity index (χ1v) is 8.27. The number of ketones is 1. The van der Waals surface area contributed by atoms with E-state index in [2.05, 4.69) is 54.5 Å². The van der Waals surface area contributed by atoms with Crippen LogP contribution in [0.3, 0.4) is 0 Å². The minimum Gasteiger partial charge on any atom is -0.294 e. The molecule has 0 N–H and O–H groups in total. The van der Waals surface area contributed by atoms with E-state index in [0.29, 0.717) is 6.42 Å². The molecule has 1 aromatic heterocycles. The summed E-state index contributed by atoms with van der Waals surface area (Å²) < 4.78 is 2.99. The molecular weight excluding hydrogens is 479 g/mol. The fourth-order valence-corrected chi connectivity index (χ4v) is 3.89. The Morgan fingerprint density at radius 3 is 2.65 bits per heavy atom. The molecule has 0 aliphatic carbocycles. The lowest BCUT2D eigenvalue weighted by Crippen LogP contribution is -2.04. The van der Waals surface area contributed by atoms with Crippen LogP contribution < -0.4 is 0 Å². The maximum atomic E-state index is 12.2. The molecule has 0 aliphatic heterocycles. The van der Waals surface area contributed by atoms with Gasteiger partial charge in [0, 0.05) is 24.9 Å². The summed E-state index contributed by atoms with van der Waals surface area (Å²) in [4.78, 5) is 13.2. The van der Waals surface area contributed by atoms with Crippen LogP contribution in [0.15, 0.2) is 38.6 Å². The predicted octanol–water partition coefficient (Wildman–Crippen LogP) is 5.30. The molecule has 0 saturated carbocycles. The molecule has 0 radical (unpaired) electrons. The number of thiophene rings is 1. The third-order valence-electron chi connectivity index (χ3n) is 2.19. The van der Waals surface area contributed by atoms with Gasteiger partial charge in [-0.05, 0) is 68.9 Å². The van der Waals surface area contributed by atoms with Crippen molar-refractivity contribution in [2.24, 2.45) is 0 Å². The van der Waals surface area contributed by atoms with Crippen molar-refractivity contribution in [3.63, 3.8) is 0 Å². The van der Waals surface area contributed by atoms with Gasteiger partial charge in [-0.1, -0.05) is 15.9 Å². The highest BCUT2D eigenvalue weighted by Gasteiger charge is 2.12. The number of halogens is 3. The molecule has 0 amide bonds. The molecule has 0 spiro atoms. The van der Waals surface area contributed by atoms with Gasteiger partial charge in [-0.3, -0.25) is 4.79 Å². The van der Waals surface area contributed by atoms with Gasteiger partial charge in [-0.2, -0.15) is 0 Å². The van der Waals surface area contributed by atoms with Gasteiger partial charge in [0.05, 0.1) is 3.79 Å². The van der Waals surface area contributed by atoms with E-state index in [9.17, 15) is 4.79 Å². The summed E-state index contributed by atoms with van der Waals surface area (Å²) in [5.74, 6) is 0.157. The Morgan fingerprint density at radius 2 is 2.00 bits per heavy atom. The average Bonchev–Trinajstić information content (AvgIpc) is 2.67. The fraction of sp³-hybridized carbons (Fsp3) is 0.0833. The minimum atomic E-state index is 0.157. The zero-order chi connectivity index (χ0) is 12.4. The normalized spacial score (nSPS) is 10.5. The summed E-state index contributed by atoms with van der Waals surface area (Å²) in [6.07, 6.45) is 0.461. The van der Waals surface area contributed by atoms with Crippen molar-refractivity contribution < 1.29 is 4.79 Å². The molecule has 1 aromatic carbocycles. The molecule has 0 saturated heterocycles. The van der Waals surface area contributed by atoms with Gasteiger partial charge in [0.15, 0.2) is 5.78 Å². The van der Waals surface area contributed by atoms with Gasteiger partial charge in [-0.25, -0.2) is 0 Å². The highest BCUT2D eigenvalue weighted by atomic mass is 127. The molecule has 1 nitrogen and oxygen atoms in total. The lowest BCUT2D eigenvalue weighted by Gasteiger charge is -2.03. The molecule has 0 fully saturated rings. The van der Waals surface area contributed by atoms with Crippen molar-refractivity contribution in [1.29, 1.82) is 0 Å². The maximum absolute atomic E-state index is 12.2. The molecule has 2 rings (SSSR count). The van der Waals surface area contributed by atoms with Crippen LogP contribution in [-0.2, 0) is 6.42 Å². The Balaban J connectivity index is 2.22. The fourth-order valence-electron chi connectivity index (χ4n) is 1.41. The number of rotatable bonds is 3. The SMILES string of the molecule is O=C(Cc1ccc(Br)s1)c1cc(Br)ccc1I. The first kappa shape index (κ1) is 13.7. The topological polar surface area (TPSA) is 17.1 Å². The van der Waals surface area contributed by atoms with Crippen molar-refractivity contribution in [2.75, 3.05) is 0 Å². The summed E-state index contributed by atoms with van der Waals surface area (Å²) in [5, 5.41) is 0. The number of hydrogen-bond donors (Lipinski definition) is 0. The van der Waals surface area contributed by atoms with E-state index >= 15 is 0 Å². The summed E-state index contributed by atoms with van der Waals surface area (Å²) in [5.41, 5.74) is 0.782. The summed E-state index contributed by atoms with van der Waals surface area (Å²) >= 11 is 10.6. The van der Waals surface area contributed by atoms with Crippen molar-refractivity contribution in [1.82, 2.24) is 0 Å². The van der Waals surface area contributed by atoms with Crippen LogP contribution in [-0.4, -0.2) is 5.78 Å². The Labute approximate surface area is 134 Å². The molecule has 2 aromatic rings. The van der Waals surface area contributed by atoms with Crippen LogP contribution in [0.25, 0.3) is 0 Å². The lowest BCUT2D eigenvalue weighted by molar-refractivity contribution is 0.0993. The first-order chi connectivity index (χ1) is 8.06. The average molecular weight is 486 g/mol. The lowest BCUT2D eigenvalue weighted by atomic mass is 10.1. The van der Waals surface area contributed by atoms with E-state index in [1.54, 1.807) is 11.3 Å². The van der Waals surface area contributed by atoms with Crippen LogP contribution in [0.5, 0.6) is 0 Å². The zero-order valence-corrected chi connectivity index (χ0v) is 14.7. The van der Waals surface area contributed by atoms with Crippen LogP contribution in [0, 0.1) is 3.57 Å². The van der Waals surface area contributed by atoms with Crippen molar-refractivity contribution in [3.8, 4) is 0 Å². The van der Waals surface area contributed by atoms with E-state index in [1.807, 2.05) is 30.3 Å². The number of carbonyl (C=O) groups excluding carboxylic acids is 1. The van der Waals surface area contributed by atoms with Gasteiger partial charge in [0.25, 0.3) is 0 Å². The molecule has 1 heterocycles. The molecule has 88 valence electrons. The highest BCUT2D eigenvalue weighted by Crippen LogP contribution is 2.25. The number of hydrogen-bond acceptors (Lipinski definition) is 2. The second-order valence-corrected chi connectivity index (χ2v) is 8.06. The molecule has 0 unspecified atom stereocenters. The summed E-state index contributed by atoms with van der Waals surface area (Å²) in [6, 6.07) is 9.73. The monoisotopic (exact) mass is 484 g/mol. The number of Topliss-reactive ketones (excluding diaryl/α,β-unsaturated/α-hetero) is 1. The minimum absolute atomic E-state index is 0.157. The predicted molar refractivity (Wildman–Crippen MR) is 86.9 cm³/mol. The van der Waals surface area contributed by atoms with Crippen LogP contribution in [0.2, 0.25) is 0 Å². The second kappa shape index (κ2) is 5.95. The van der Waals surface area contributed by atoms with Crippen molar-refractivity contribution >= 4 is 71.6 Å².